The minimum Gasteiger partial charge on any atom is -0.465 e. The van der Waals surface area contributed by atoms with Crippen LogP contribution in [0.1, 0.15) is 35.7 Å². The Kier molecular flexibility index (Phi) is 5.87. The van der Waals surface area contributed by atoms with Gasteiger partial charge in [0.1, 0.15) is 0 Å². The highest BCUT2D eigenvalue weighted by atomic mass is 79.9. The molecule has 0 saturated carbocycles. The first-order chi connectivity index (χ1) is 10.5. The van der Waals surface area contributed by atoms with E-state index >= 15 is 0 Å². The summed E-state index contributed by atoms with van der Waals surface area (Å²) in [5.74, 6) is -0.278. The van der Waals surface area contributed by atoms with Crippen LogP contribution in [-0.2, 0) is 4.74 Å². The number of benzene rings is 1. The van der Waals surface area contributed by atoms with Crippen molar-refractivity contribution >= 4 is 27.6 Å². The second kappa shape index (κ2) is 7.47. The Labute approximate surface area is 141 Å². The van der Waals surface area contributed by atoms with Crippen LogP contribution in [0.2, 0.25) is 0 Å². The average molecular weight is 369 g/mol. The summed E-state index contributed by atoms with van der Waals surface area (Å²) in [6.45, 7) is 7.37. The van der Waals surface area contributed by atoms with Gasteiger partial charge < -0.3 is 14.5 Å². The molecular weight excluding hydrogens is 344 g/mol. The van der Waals surface area contributed by atoms with Gasteiger partial charge in [0.15, 0.2) is 0 Å². The molecule has 0 atom stereocenters. The summed E-state index contributed by atoms with van der Waals surface area (Å²) < 4.78 is 5.83. The Morgan fingerprint density at radius 1 is 1.41 bits per heavy atom. The van der Waals surface area contributed by atoms with Crippen LogP contribution in [0.3, 0.4) is 0 Å². The Hall–Kier alpha value is -1.07. The first kappa shape index (κ1) is 17.3. The number of piperidine rings is 1. The third kappa shape index (κ3) is 3.63. The molecule has 4 nitrogen and oxygen atoms in total. The van der Waals surface area contributed by atoms with Crippen LogP contribution in [0.25, 0.3) is 0 Å². The van der Waals surface area contributed by atoms with Crippen LogP contribution in [0, 0.1) is 6.92 Å². The van der Waals surface area contributed by atoms with E-state index in [1.54, 1.807) is 0 Å². The number of carbonyl (C=O) groups excluding carboxylic acids is 1. The molecule has 0 aromatic heterocycles. The zero-order valence-electron chi connectivity index (χ0n) is 13.9. The molecule has 1 aliphatic rings. The lowest BCUT2D eigenvalue weighted by Gasteiger charge is -2.39. The van der Waals surface area contributed by atoms with Crippen LogP contribution < -0.4 is 4.90 Å². The number of likely N-dealkylation sites (tertiary alicyclic amines) is 1. The molecular formula is C17H25BrN2O2. The predicted octanol–water partition coefficient (Wildman–Crippen LogP) is 3.46. The van der Waals surface area contributed by atoms with Gasteiger partial charge in [-0.2, -0.15) is 0 Å². The van der Waals surface area contributed by atoms with Gasteiger partial charge in [-0.15, -0.1) is 0 Å². The van der Waals surface area contributed by atoms with Gasteiger partial charge in [-0.25, -0.2) is 4.79 Å². The van der Waals surface area contributed by atoms with Crippen LogP contribution in [-0.4, -0.2) is 50.7 Å². The van der Waals surface area contributed by atoms with Gasteiger partial charge in [-0.05, 0) is 64.5 Å². The molecule has 2 rings (SSSR count). The summed E-state index contributed by atoms with van der Waals surface area (Å²) in [7, 11) is 3.60. The third-order valence-electron chi connectivity index (χ3n) is 4.53. The molecule has 0 radical (unpaired) electrons. The summed E-state index contributed by atoms with van der Waals surface area (Å²) in [5, 5.41) is 0. The summed E-state index contributed by atoms with van der Waals surface area (Å²) in [6, 6.07) is 4.48. The molecule has 122 valence electrons. The van der Waals surface area contributed by atoms with Gasteiger partial charge >= 0.3 is 5.97 Å². The molecule has 0 N–H and O–H groups in total. The average Bonchev–Trinajstić information content (AvgIpc) is 2.52. The molecule has 22 heavy (non-hydrogen) atoms. The van der Waals surface area contributed by atoms with Crippen molar-refractivity contribution in [1.82, 2.24) is 4.90 Å². The van der Waals surface area contributed by atoms with E-state index in [1.807, 2.05) is 13.0 Å². The number of esters is 1. The van der Waals surface area contributed by atoms with E-state index in [-0.39, 0.29) is 5.97 Å². The normalized spacial score (nSPS) is 16.6. The number of carbonyl (C=O) groups is 1. The molecule has 1 saturated heterocycles. The maximum Gasteiger partial charge on any atom is 0.338 e. The predicted molar refractivity (Wildman–Crippen MR) is 93.8 cm³/mol. The molecule has 1 aromatic carbocycles. The maximum absolute atomic E-state index is 12.0. The van der Waals surface area contributed by atoms with Crippen molar-refractivity contribution in [1.29, 1.82) is 0 Å². The van der Waals surface area contributed by atoms with Crippen LogP contribution in [0.15, 0.2) is 16.6 Å². The van der Waals surface area contributed by atoms with Crippen molar-refractivity contribution in [2.75, 3.05) is 38.7 Å². The molecule has 1 aromatic rings. The van der Waals surface area contributed by atoms with Crippen molar-refractivity contribution in [3.63, 3.8) is 0 Å². The minimum atomic E-state index is -0.278. The molecule has 0 aliphatic carbocycles. The number of nitrogens with zero attached hydrogens (tertiary/aromatic N) is 2. The zero-order chi connectivity index (χ0) is 16.3. The topological polar surface area (TPSA) is 32.8 Å². The fourth-order valence-corrected chi connectivity index (χ4v) is 3.66. The van der Waals surface area contributed by atoms with Gasteiger partial charge in [-0.1, -0.05) is 15.9 Å². The highest BCUT2D eigenvalue weighted by molar-refractivity contribution is 9.10. The lowest BCUT2D eigenvalue weighted by Crippen LogP contribution is -2.44. The Balaban J connectivity index is 2.36. The smallest absolute Gasteiger partial charge is 0.338 e. The molecule has 0 spiro atoms. The van der Waals surface area contributed by atoms with Crippen LogP contribution in [0.5, 0.6) is 0 Å². The standard InChI is InChI=1S/C17H25BrN2O2/c1-5-20(14-6-8-19(3)9-7-14)16-11-13(18)10-15(12(16)2)17(21)22-4/h10-11,14H,5-9H2,1-4H3. The van der Waals surface area contributed by atoms with Gasteiger partial charge in [0.2, 0.25) is 0 Å². The number of ether oxygens (including phenoxy) is 1. The van der Waals surface area contributed by atoms with E-state index in [9.17, 15) is 4.79 Å². The Bertz CT molecular complexity index is 540. The molecule has 0 unspecified atom stereocenters. The molecule has 0 amide bonds. The monoisotopic (exact) mass is 368 g/mol. The first-order valence-corrected chi connectivity index (χ1v) is 8.60. The van der Waals surface area contributed by atoms with Crippen molar-refractivity contribution in [3.8, 4) is 0 Å². The third-order valence-corrected chi connectivity index (χ3v) is 4.99. The molecule has 1 fully saturated rings. The largest absolute Gasteiger partial charge is 0.465 e. The van der Waals surface area contributed by atoms with Gasteiger partial charge in [-0.3, -0.25) is 0 Å². The summed E-state index contributed by atoms with van der Waals surface area (Å²) >= 11 is 3.53. The lowest BCUT2D eigenvalue weighted by molar-refractivity contribution is 0.0600. The fraction of sp³-hybridized carbons (Fsp3) is 0.588. The number of hydrogen-bond acceptors (Lipinski definition) is 4. The second-order valence-electron chi connectivity index (χ2n) is 5.91. The van der Waals surface area contributed by atoms with E-state index in [0.29, 0.717) is 11.6 Å². The Morgan fingerprint density at radius 3 is 2.59 bits per heavy atom. The first-order valence-electron chi connectivity index (χ1n) is 7.81. The highest BCUT2D eigenvalue weighted by Gasteiger charge is 2.25. The van der Waals surface area contributed by atoms with Crippen molar-refractivity contribution in [2.24, 2.45) is 0 Å². The van der Waals surface area contributed by atoms with Gasteiger partial charge in [0.05, 0.1) is 12.7 Å². The maximum atomic E-state index is 12.0. The molecule has 5 heteroatoms. The quantitative estimate of drug-likeness (QED) is 0.761. The van der Waals surface area contributed by atoms with Crippen molar-refractivity contribution < 1.29 is 9.53 Å². The molecule has 1 heterocycles. The van der Waals surface area contributed by atoms with E-state index in [4.69, 9.17) is 4.74 Å². The zero-order valence-corrected chi connectivity index (χ0v) is 15.4. The number of halogens is 1. The lowest BCUT2D eigenvalue weighted by atomic mass is 9.99. The van der Waals surface area contributed by atoms with Crippen LogP contribution in [0.4, 0.5) is 5.69 Å². The summed E-state index contributed by atoms with van der Waals surface area (Å²) in [5.41, 5.74) is 2.76. The number of anilines is 1. The molecule has 0 bridgehead atoms. The van der Waals surface area contributed by atoms with Gasteiger partial charge in [0, 0.05) is 22.7 Å². The van der Waals surface area contributed by atoms with E-state index in [2.05, 4.69) is 45.8 Å². The van der Waals surface area contributed by atoms with Crippen molar-refractivity contribution in [2.45, 2.75) is 32.7 Å². The Morgan fingerprint density at radius 2 is 2.05 bits per heavy atom. The second-order valence-corrected chi connectivity index (χ2v) is 6.83. The van der Waals surface area contributed by atoms with E-state index < -0.39 is 0 Å². The summed E-state index contributed by atoms with van der Waals surface area (Å²) in [6.07, 6.45) is 2.31. The SMILES string of the molecule is CCN(c1cc(Br)cc(C(=O)OC)c1C)C1CCN(C)CC1. The minimum absolute atomic E-state index is 0.278. The van der Waals surface area contributed by atoms with E-state index in [1.165, 1.54) is 7.11 Å². The summed E-state index contributed by atoms with van der Waals surface area (Å²) in [4.78, 5) is 16.8. The van der Waals surface area contributed by atoms with E-state index in [0.717, 1.165) is 48.2 Å². The van der Waals surface area contributed by atoms with Crippen molar-refractivity contribution in [3.05, 3.63) is 27.7 Å². The number of rotatable bonds is 4. The van der Waals surface area contributed by atoms with Gasteiger partial charge in [0.25, 0.3) is 0 Å². The fourth-order valence-electron chi connectivity index (χ4n) is 3.22. The highest BCUT2D eigenvalue weighted by Crippen LogP contribution is 2.32. The number of methoxy groups -OCH3 is 1. The number of hydrogen-bond donors (Lipinski definition) is 0. The van der Waals surface area contributed by atoms with Crippen LogP contribution >= 0.6 is 15.9 Å². The molecule has 1 aliphatic heterocycles.